The first-order valence-corrected chi connectivity index (χ1v) is 8.08. The van der Waals surface area contributed by atoms with Crippen LogP contribution in [0.2, 0.25) is 0 Å². The highest BCUT2D eigenvalue weighted by Gasteiger charge is 2.40. The fourth-order valence-corrected chi connectivity index (χ4v) is 4.03. The van der Waals surface area contributed by atoms with E-state index in [9.17, 15) is 0 Å². The molecule has 112 valence electrons. The van der Waals surface area contributed by atoms with Gasteiger partial charge in [-0.2, -0.15) is 0 Å². The molecule has 3 heteroatoms. The smallest absolute Gasteiger partial charge is 0.0480 e. The molecule has 2 fully saturated rings. The van der Waals surface area contributed by atoms with Crippen molar-refractivity contribution in [3.05, 3.63) is 0 Å². The molecule has 0 amide bonds. The molecule has 2 aliphatic rings. The summed E-state index contributed by atoms with van der Waals surface area (Å²) in [6.07, 6.45) is 11.1. The summed E-state index contributed by atoms with van der Waals surface area (Å²) in [6.45, 7) is 6.33. The summed E-state index contributed by atoms with van der Waals surface area (Å²) >= 11 is 0. The second kappa shape index (κ2) is 6.55. The Bertz CT molecular complexity index is 266. The Morgan fingerprint density at radius 2 is 1.74 bits per heavy atom. The van der Waals surface area contributed by atoms with Gasteiger partial charge in [-0.05, 0) is 57.5 Å². The van der Waals surface area contributed by atoms with Crippen molar-refractivity contribution in [1.82, 2.24) is 4.90 Å². The van der Waals surface area contributed by atoms with Crippen LogP contribution < -0.4 is 5.73 Å². The zero-order valence-electron chi connectivity index (χ0n) is 12.9. The van der Waals surface area contributed by atoms with Crippen LogP contribution in [0.3, 0.4) is 0 Å². The summed E-state index contributed by atoms with van der Waals surface area (Å²) in [5, 5.41) is 0. The fraction of sp³-hybridized carbons (Fsp3) is 1.00. The van der Waals surface area contributed by atoms with Crippen LogP contribution in [0, 0.1) is 5.41 Å². The molecule has 1 saturated heterocycles. The number of piperidine rings is 1. The van der Waals surface area contributed by atoms with Crippen LogP contribution in [0.5, 0.6) is 0 Å². The predicted molar refractivity (Wildman–Crippen MR) is 80.3 cm³/mol. The van der Waals surface area contributed by atoms with Gasteiger partial charge in [-0.25, -0.2) is 0 Å². The van der Waals surface area contributed by atoms with Crippen molar-refractivity contribution < 1.29 is 4.74 Å². The number of methoxy groups -OCH3 is 1. The topological polar surface area (TPSA) is 38.5 Å². The lowest BCUT2D eigenvalue weighted by atomic mass is 9.67. The Hall–Kier alpha value is -0.120. The lowest BCUT2D eigenvalue weighted by Crippen LogP contribution is -2.56. The van der Waals surface area contributed by atoms with Gasteiger partial charge >= 0.3 is 0 Å². The Kier molecular flexibility index (Phi) is 5.27. The SMILES string of the molecule is COCCC(C)(CN)N1CCC2(CCCCC2)CC1. The molecule has 1 saturated carbocycles. The van der Waals surface area contributed by atoms with Crippen molar-refractivity contribution in [2.75, 3.05) is 33.4 Å². The molecular formula is C16H32N2O. The zero-order valence-corrected chi connectivity index (χ0v) is 12.9. The monoisotopic (exact) mass is 268 g/mol. The lowest BCUT2D eigenvalue weighted by Gasteiger charge is -2.50. The molecule has 2 N–H and O–H groups in total. The van der Waals surface area contributed by atoms with Gasteiger partial charge in [0.05, 0.1) is 0 Å². The molecule has 0 aromatic carbocycles. The molecule has 1 atom stereocenters. The molecular weight excluding hydrogens is 236 g/mol. The van der Waals surface area contributed by atoms with Crippen LogP contribution in [-0.2, 0) is 4.74 Å². The number of nitrogens with two attached hydrogens (primary N) is 1. The second-order valence-electron chi connectivity index (χ2n) is 6.99. The van der Waals surface area contributed by atoms with E-state index in [2.05, 4.69) is 11.8 Å². The largest absolute Gasteiger partial charge is 0.385 e. The van der Waals surface area contributed by atoms with E-state index in [-0.39, 0.29) is 5.54 Å². The molecule has 1 aliphatic heterocycles. The minimum absolute atomic E-state index is 0.131. The molecule has 0 bridgehead atoms. The second-order valence-corrected chi connectivity index (χ2v) is 6.99. The Morgan fingerprint density at radius 1 is 1.11 bits per heavy atom. The summed E-state index contributed by atoms with van der Waals surface area (Å²) in [5.41, 5.74) is 6.87. The van der Waals surface area contributed by atoms with Crippen molar-refractivity contribution in [2.45, 2.75) is 63.8 Å². The lowest BCUT2D eigenvalue weighted by molar-refractivity contribution is -0.00166. The normalized spacial score (nSPS) is 27.3. The number of nitrogens with zero attached hydrogens (tertiary/aromatic N) is 1. The van der Waals surface area contributed by atoms with Crippen LogP contribution in [0.1, 0.15) is 58.3 Å². The summed E-state index contributed by atoms with van der Waals surface area (Å²) in [5.74, 6) is 0. The van der Waals surface area contributed by atoms with Gasteiger partial charge in [0, 0.05) is 25.8 Å². The number of ether oxygens (including phenoxy) is 1. The summed E-state index contributed by atoms with van der Waals surface area (Å²) in [4.78, 5) is 2.63. The number of likely N-dealkylation sites (tertiary alicyclic amines) is 1. The van der Waals surface area contributed by atoms with Gasteiger partial charge < -0.3 is 10.5 Å². The van der Waals surface area contributed by atoms with Gasteiger partial charge in [-0.15, -0.1) is 0 Å². The fourth-order valence-electron chi connectivity index (χ4n) is 4.03. The number of hydrogen-bond donors (Lipinski definition) is 1. The maximum absolute atomic E-state index is 6.05. The molecule has 1 aliphatic carbocycles. The average Bonchev–Trinajstić information content (AvgIpc) is 2.46. The van der Waals surface area contributed by atoms with Gasteiger partial charge in [0.15, 0.2) is 0 Å². The maximum atomic E-state index is 6.05. The first kappa shape index (κ1) is 15.3. The van der Waals surface area contributed by atoms with E-state index in [1.54, 1.807) is 7.11 Å². The number of rotatable bonds is 5. The molecule has 19 heavy (non-hydrogen) atoms. The van der Waals surface area contributed by atoms with E-state index >= 15 is 0 Å². The zero-order chi connectivity index (χ0) is 13.8. The molecule has 0 radical (unpaired) electrons. The quantitative estimate of drug-likeness (QED) is 0.833. The van der Waals surface area contributed by atoms with Gasteiger partial charge in [0.1, 0.15) is 0 Å². The van der Waals surface area contributed by atoms with E-state index < -0.39 is 0 Å². The van der Waals surface area contributed by atoms with Crippen molar-refractivity contribution in [3.8, 4) is 0 Å². The first-order valence-electron chi connectivity index (χ1n) is 8.08. The number of hydrogen-bond acceptors (Lipinski definition) is 3. The van der Waals surface area contributed by atoms with Crippen LogP contribution >= 0.6 is 0 Å². The maximum Gasteiger partial charge on any atom is 0.0480 e. The van der Waals surface area contributed by atoms with Gasteiger partial charge in [0.2, 0.25) is 0 Å². The summed E-state index contributed by atoms with van der Waals surface area (Å²) < 4.78 is 5.26. The highest BCUT2D eigenvalue weighted by atomic mass is 16.5. The molecule has 3 nitrogen and oxygen atoms in total. The van der Waals surface area contributed by atoms with E-state index in [0.717, 1.165) is 19.6 Å². The van der Waals surface area contributed by atoms with Crippen LogP contribution in [-0.4, -0.2) is 43.8 Å². The summed E-state index contributed by atoms with van der Waals surface area (Å²) in [7, 11) is 1.78. The molecule has 0 aromatic rings. The van der Waals surface area contributed by atoms with Gasteiger partial charge in [-0.1, -0.05) is 19.3 Å². The Labute approximate surface area is 118 Å². The highest BCUT2D eigenvalue weighted by molar-refractivity contribution is 4.95. The Balaban J connectivity index is 1.90. The van der Waals surface area contributed by atoms with E-state index in [0.29, 0.717) is 5.41 Å². The Morgan fingerprint density at radius 3 is 2.26 bits per heavy atom. The molecule has 2 rings (SSSR count). The van der Waals surface area contributed by atoms with Crippen molar-refractivity contribution in [3.63, 3.8) is 0 Å². The third-order valence-corrected chi connectivity index (χ3v) is 5.79. The molecule has 0 aromatic heterocycles. The standard InChI is InChI=1S/C16H32N2O/c1-15(14-17,10-13-19-2)18-11-8-16(9-12-18)6-4-3-5-7-16/h3-14,17H2,1-2H3. The molecule has 1 spiro atoms. The summed E-state index contributed by atoms with van der Waals surface area (Å²) in [6, 6.07) is 0. The molecule has 1 unspecified atom stereocenters. The van der Waals surface area contributed by atoms with E-state index in [1.165, 1.54) is 58.0 Å². The van der Waals surface area contributed by atoms with Crippen LogP contribution in [0.25, 0.3) is 0 Å². The van der Waals surface area contributed by atoms with E-state index in [1.807, 2.05) is 0 Å². The first-order chi connectivity index (χ1) is 9.14. The van der Waals surface area contributed by atoms with Crippen LogP contribution in [0.15, 0.2) is 0 Å². The van der Waals surface area contributed by atoms with Crippen LogP contribution in [0.4, 0.5) is 0 Å². The highest BCUT2D eigenvalue weighted by Crippen LogP contribution is 2.45. The van der Waals surface area contributed by atoms with Gasteiger partial charge in [-0.3, -0.25) is 4.90 Å². The van der Waals surface area contributed by atoms with Gasteiger partial charge in [0.25, 0.3) is 0 Å². The van der Waals surface area contributed by atoms with Crippen molar-refractivity contribution in [2.24, 2.45) is 11.1 Å². The van der Waals surface area contributed by atoms with E-state index in [4.69, 9.17) is 10.5 Å². The minimum Gasteiger partial charge on any atom is -0.385 e. The predicted octanol–water partition coefficient (Wildman–Crippen LogP) is 2.79. The average molecular weight is 268 g/mol. The third kappa shape index (κ3) is 3.50. The molecule has 1 heterocycles. The third-order valence-electron chi connectivity index (χ3n) is 5.79. The minimum atomic E-state index is 0.131. The van der Waals surface area contributed by atoms with Crippen molar-refractivity contribution >= 4 is 0 Å². The van der Waals surface area contributed by atoms with Crippen molar-refractivity contribution in [1.29, 1.82) is 0 Å².